The zero-order valence-corrected chi connectivity index (χ0v) is 9.67. The van der Waals surface area contributed by atoms with Gasteiger partial charge in [0.1, 0.15) is 0 Å². The summed E-state index contributed by atoms with van der Waals surface area (Å²) in [5, 5.41) is 8.65. The first-order valence-electron chi connectivity index (χ1n) is 5.60. The average molecular weight is 237 g/mol. The maximum absolute atomic E-state index is 10.5. The highest BCUT2D eigenvalue weighted by molar-refractivity contribution is 5.67. The fourth-order valence-corrected chi connectivity index (χ4v) is 1.84. The molecular formula is C11H15N3O3. The number of carboxylic acid groups (broad SMARTS) is 1. The molecule has 1 fully saturated rings. The zero-order valence-electron chi connectivity index (χ0n) is 9.67. The van der Waals surface area contributed by atoms with Crippen molar-refractivity contribution in [2.24, 2.45) is 5.92 Å². The topological polar surface area (TPSA) is 75.5 Å². The molecule has 2 heterocycles. The van der Waals surface area contributed by atoms with Gasteiger partial charge in [0.15, 0.2) is 5.82 Å². The van der Waals surface area contributed by atoms with Crippen LogP contribution in [0, 0.1) is 5.92 Å². The van der Waals surface area contributed by atoms with E-state index in [4.69, 9.17) is 9.84 Å². The first-order chi connectivity index (χ1) is 8.19. The highest BCUT2D eigenvalue weighted by Crippen LogP contribution is 2.25. The largest absolute Gasteiger partial charge is 0.481 e. The number of ether oxygens (including phenoxy) is 1. The first-order valence-corrected chi connectivity index (χ1v) is 5.60. The molecule has 0 atom stereocenters. The van der Waals surface area contributed by atoms with Crippen LogP contribution in [0.3, 0.4) is 0 Å². The summed E-state index contributed by atoms with van der Waals surface area (Å²) < 4.78 is 5.26. The molecule has 17 heavy (non-hydrogen) atoms. The van der Waals surface area contributed by atoms with Crippen LogP contribution in [0.1, 0.15) is 13.3 Å². The number of aromatic nitrogens is 2. The van der Waals surface area contributed by atoms with E-state index in [0.29, 0.717) is 12.5 Å². The number of hydrogen-bond acceptors (Lipinski definition) is 5. The van der Waals surface area contributed by atoms with Gasteiger partial charge in [-0.15, -0.1) is 0 Å². The Labute approximate surface area is 99.2 Å². The Hall–Kier alpha value is -1.85. The lowest BCUT2D eigenvalue weighted by molar-refractivity contribution is -0.138. The lowest BCUT2D eigenvalue weighted by Gasteiger charge is -2.39. The van der Waals surface area contributed by atoms with Crippen molar-refractivity contribution in [2.45, 2.75) is 13.3 Å². The summed E-state index contributed by atoms with van der Waals surface area (Å²) in [6, 6.07) is 0. The van der Waals surface area contributed by atoms with Crippen LogP contribution in [0.4, 0.5) is 5.82 Å². The molecular weight excluding hydrogens is 222 g/mol. The minimum Gasteiger partial charge on any atom is -0.481 e. The van der Waals surface area contributed by atoms with E-state index in [-0.39, 0.29) is 12.3 Å². The first kappa shape index (κ1) is 11.6. The molecule has 0 aromatic carbocycles. The van der Waals surface area contributed by atoms with Crippen molar-refractivity contribution in [2.75, 3.05) is 24.6 Å². The van der Waals surface area contributed by atoms with Gasteiger partial charge >= 0.3 is 5.97 Å². The molecule has 1 aliphatic heterocycles. The van der Waals surface area contributed by atoms with Crippen LogP contribution in [0.5, 0.6) is 5.88 Å². The van der Waals surface area contributed by atoms with Gasteiger partial charge in [-0.05, 0) is 6.92 Å². The Morgan fingerprint density at radius 3 is 3.00 bits per heavy atom. The Bertz CT molecular complexity index is 405. The summed E-state index contributed by atoms with van der Waals surface area (Å²) in [6.45, 7) is 3.88. The molecule has 0 bridgehead atoms. The smallest absolute Gasteiger partial charge is 0.303 e. The van der Waals surface area contributed by atoms with E-state index >= 15 is 0 Å². The summed E-state index contributed by atoms with van der Waals surface area (Å²) >= 11 is 0. The van der Waals surface area contributed by atoms with E-state index < -0.39 is 5.97 Å². The minimum absolute atomic E-state index is 0.213. The van der Waals surface area contributed by atoms with Crippen LogP contribution >= 0.6 is 0 Å². The second kappa shape index (κ2) is 4.99. The number of rotatable bonds is 5. The van der Waals surface area contributed by atoms with Crippen LogP contribution in [-0.2, 0) is 4.79 Å². The lowest BCUT2D eigenvalue weighted by Crippen LogP contribution is -2.48. The van der Waals surface area contributed by atoms with Gasteiger partial charge in [-0.2, -0.15) is 4.98 Å². The van der Waals surface area contributed by atoms with Crippen molar-refractivity contribution in [3.63, 3.8) is 0 Å². The SMILES string of the molecule is CCOc1cncc(N2CC(CC(=O)O)C2)n1. The van der Waals surface area contributed by atoms with E-state index in [0.717, 1.165) is 18.9 Å². The number of hydrogen-bond donors (Lipinski definition) is 1. The molecule has 2 rings (SSSR count). The van der Waals surface area contributed by atoms with Gasteiger partial charge in [-0.1, -0.05) is 0 Å². The Morgan fingerprint density at radius 2 is 2.35 bits per heavy atom. The predicted octanol–water partition coefficient (Wildman–Crippen LogP) is 0.786. The van der Waals surface area contributed by atoms with Gasteiger partial charge in [0, 0.05) is 19.0 Å². The fourth-order valence-electron chi connectivity index (χ4n) is 1.84. The molecule has 1 N–H and O–H groups in total. The van der Waals surface area contributed by atoms with Gasteiger partial charge < -0.3 is 14.7 Å². The molecule has 0 aliphatic carbocycles. The highest BCUT2D eigenvalue weighted by atomic mass is 16.5. The van der Waals surface area contributed by atoms with Crippen molar-refractivity contribution >= 4 is 11.8 Å². The predicted molar refractivity (Wildman–Crippen MR) is 61.2 cm³/mol. The maximum atomic E-state index is 10.5. The zero-order chi connectivity index (χ0) is 12.3. The number of carbonyl (C=O) groups is 1. The van der Waals surface area contributed by atoms with E-state index in [1.807, 2.05) is 11.8 Å². The van der Waals surface area contributed by atoms with Gasteiger partial charge in [-0.3, -0.25) is 9.78 Å². The molecule has 0 unspecified atom stereocenters. The third-order valence-corrected chi connectivity index (χ3v) is 2.64. The molecule has 92 valence electrons. The lowest BCUT2D eigenvalue weighted by atomic mass is 9.97. The van der Waals surface area contributed by atoms with Crippen LogP contribution in [0.2, 0.25) is 0 Å². The molecule has 0 amide bonds. The van der Waals surface area contributed by atoms with Crippen molar-refractivity contribution < 1.29 is 14.6 Å². The standard InChI is InChI=1S/C11H15N3O3/c1-2-17-10-5-12-4-9(13-10)14-6-8(7-14)3-11(15)16/h4-5,8H,2-3,6-7H2,1H3,(H,15,16). The molecule has 6 heteroatoms. The molecule has 1 aromatic heterocycles. The third-order valence-electron chi connectivity index (χ3n) is 2.64. The number of aliphatic carboxylic acids is 1. The molecule has 1 aromatic rings. The third kappa shape index (κ3) is 2.83. The second-order valence-electron chi connectivity index (χ2n) is 4.02. The Kier molecular flexibility index (Phi) is 3.41. The highest BCUT2D eigenvalue weighted by Gasteiger charge is 2.29. The van der Waals surface area contributed by atoms with Crippen LogP contribution < -0.4 is 9.64 Å². The van der Waals surface area contributed by atoms with Gasteiger partial charge in [0.2, 0.25) is 5.88 Å². The van der Waals surface area contributed by atoms with Crippen molar-refractivity contribution in [1.29, 1.82) is 0 Å². The fraction of sp³-hybridized carbons (Fsp3) is 0.545. The molecule has 0 spiro atoms. The Balaban J connectivity index is 1.92. The van der Waals surface area contributed by atoms with Crippen molar-refractivity contribution in [3.05, 3.63) is 12.4 Å². The molecule has 1 saturated heterocycles. The van der Waals surface area contributed by atoms with E-state index in [1.165, 1.54) is 0 Å². The minimum atomic E-state index is -0.746. The summed E-state index contributed by atoms with van der Waals surface area (Å²) in [5.74, 6) is 0.720. The number of anilines is 1. The quantitative estimate of drug-likeness (QED) is 0.815. The van der Waals surface area contributed by atoms with E-state index in [2.05, 4.69) is 9.97 Å². The van der Waals surface area contributed by atoms with Gasteiger partial charge in [-0.25, -0.2) is 0 Å². The van der Waals surface area contributed by atoms with Crippen molar-refractivity contribution in [3.8, 4) is 5.88 Å². The number of nitrogens with zero attached hydrogens (tertiary/aromatic N) is 3. The summed E-state index contributed by atoms with van der Waals surface area (Å²) in [7, 11) is 0. The summed E-state index contributed by atoms with van der Waals surface area (Å²) in [4.78, 5) is 20.9. The monoisotopic (exact) mass is 237 g/mol. The second-order valence-corrected chi connectivity index (χ2v) is 4.02. The van der Waals surface area contributed by atoms with Gasteiger partial charge in [0.25, 0.3) is 0 Å². The van der Waals surface area contributed by atoms with Crippen LogP contribution in [0.25, 0.3) is 0 Å². The Morgan fingerprint density at radius 1 is 1.59 bits per heavy atom. The molecule has 1 aliphatic rings. The average Bonchev–Trinajstić information content (AvgIpc) is 2.23. The van der Waals surface area contributed by atoms with Crippen LogP contribution in [0.15, 0.2) is 12.4 Å². The van der Waals surface area contributed by atoms with Gasteiger partial charge in [0.05, 0.1) is 25.4 Å². The number of carboxylic acids is 1. The molecule has 0 saturated carbocycles. The summed E-state index contributed by atoms with van der Waals surface area (Å²) in [5.41, 5.74) is 0. The molecule has 6 nitrogen and oxygen atoms in total. The van der Waals surface area contributed by atoms with Crippen LogP contribution in [-0.4, -0.2) is 40.7 Å². The summed E-state index contributed by atoms with van der Waals surface area (Å²) in [6.07, 6.45) is 3.45. The molecule has 0 radical (unpaired) electrons. The van der Waals surface area contributed by atoms with E-state index in [9.17, 15) is 4.79 Å². The van der Waals surface area contributed by atoms with Crippen molar-refractivity contribution in [1.82, 2.24) is 9.97 Å². The maximum Gasteiger partial charge on any atom is 0.303 e. The van der Waals surface area contributed by atoms with E-state index in [1.54, 1.807) is 12.4 Å². The normalized spacial score (nSPS) is 15.5.